The Balaban J connectivity index is 1.28. The first-order valence-corrected chi connectivity index (χ1v) is 13.5. The molecule has 9 heteroatoms. The number of hydrogen-bond donors (Lipinski definition) is 3. The Kier molecular flexibility index (Phi) is 7.25. The summed E-state index contributed by atoms with van der Waals surface area (Å²) in [6.07, 6.45) is 1.88. The second kappa shape index (κ2) is 10.7. The molecule has 5 rings (SSSR count). The summed E-state index contributed by atoms with van der Waals surface area (Å²) in [5.74, 6) is 0.261. The van der Waals surface area contributed by atoms with Gasteiger partial charge in [-0.1, -0.05) is 0 Å². The number of amides is 2. The molecule has 1 aromatic heterocycles. The summed E-state index contributed by atoms with van der Waals surface area (Å²) in [5, 5.41) is 15.8. The molecule has 36 heavy (non-hydrogen) atoms. The van der Waals surface area contributed by atoms with Crippen molar-refractivity contribution in [3.8, 4) is 22.6 Å². The van der Waals surface area contributed by atoms with Gasteiger partial charge in [-0.3, -0.25) is 0 Å². The van der Waals surface area contributed by atoms with Crippen LogP contribution >= 0.6 is 0 Å². The molecule has 0 bridgehead atoms. The van der Waals surface area contributed by atoms with Gasteiger partial charge in [-0.2, -0.15) is 0 Å². The van der Waals surface area contributed by atoms with E-state index in [-0.39, 0.29) is 32.1 Å². The minimum atomic E-state index is -0.165. The van der Waals surface area contributed by atoms with Crippen LogP contribution in [0.4, 0.5) is 5.69 Å². The number of fused-ring (bicyclic) bond motifs is 1. The van der Waals surface area contributed by atoms with Gasteiger partial charge in [0.1, 0.15) is 0 Å². The van der Waals surface area contributed by atoms with Crippen molar-refractivity contribution in [2.75, 3.05) is 51.8 Å². The Morgan fingerprint density at radius 2 is 1.94 bits per heavy atom. The molecule has 0 aliphatic carbocycles. The third kappa shape index (κ3) is 5.24. The second-order valence-corrected chi connectivity index (χ2v) is 10.9. The van der Waals surface area contributed by atoms with Gasteiger partial charge < -0.3 is 0 Å². The monoisotopic (exact) mass is 553 g/mol. The van der Waals surface area contributed by atoms with E-state index in [0.717, 1.165) is 64.1 Å². The van der Waals surface area contributed by atoms with E-state index >= 15 is 0 Å². The van der Waals surface area contributed by atoms with E-state index in [1.54, 1.807) is 18.2 Å². The number of morpholine rings is 1. The number of benzene rings is 2. The van der Waals surface area contributed by atoms with E-state index in [9.17, 15) is 14.7 Å². The Morgan fingerprint density at radius 1 is 1.17 bits per heavy atom. The molecule has 1 saturated heterocycles. The summed E-state index contributed by atoms with van der Waals surface area (Å²) >= 11 is -0.165. The van der Waals surface area contributed by atoms with Crippen molar-refractivity contribution in [2.24, 2.45) is 0 Å². The maximum absolute atomic E-state index is 12.8. The average Bonchev–Trinajstić information content (AvgIpc) is 3.49. The molecule has 2 aliphatic rings. The summed E-state index contributed by atoms with van der Waals surface area (Å²) < 4.78 is 12.3. The molecule has 0 saturated carbocycles. The van der Waals surface area contributed by atoms with Crippen LogP contribution in [0.5, 0.6) is 11.5 Å². The number of aromatic hydroxyl groups is 1. The van der Waals surface area contributed by atoms with Crippen LogP contribution in [-0.4, -0.2) is 82.8 Å². The van der Waals surface area contributed by atoms with Crippen molar-refractivity contribution in [1.82, 2.24) is 10.2 Å². The van der Waals surface area contributed by atoms with Crippen molar-refractivity contribution in [3.63, 3.8) is 0 Å². The van der Waals surface area contributed by atoms with Gasteiger partial charge >= 0.3 is 215 Å². The second-order valence-electron chi connectivity index (χ2n) is 8.57. The maximum atomic E-state index is 12.8. The Morgan fingerprint density at radius 3 is 2.75 bits per heavy atom. The van der Waals surface area contributed by atoms with Gasteiger partial charge in [-0.15, -0.1) is 0 Å². The van der Waals surface area contributed by atoms with Crippen LogP contribution < -0.4 is 15.4 Å². The molecule has 3 heterocycles. The number of carbonyl (C=O) groups is 2. The molecule has 0 spiro atoms. The van der Waals surface area contributed by atoms with Crippen LogP contribution in [0.25, 0.3) is 22.8 Å². The van der Waals surface area contributed by atoms with Gasteiger partial charge in [-0.05, 0) is 0 Å². The number of ether oxygens (including phenoxy) is 2. The number of rotatable bonds is 7. The number of nitrogens with zero attached hydrogens (tertiary/aromatic N) is 1. The van der Waals surface area contributed by atoms with Crippen molar-refractivity contribution in [3.05, 3.63) is 63.0 Å². The Hall–Kier alpha value is -3.36. The van der Waals surface area contributed by atoms with Crippen molar-refractivity contribution < 1.29 is 24.2 Å². The standard InChI is InChI=1S/C27H27N3O5Se/c1-34-24-15-18(3-6-23(24)31)17-2-5-20-21(26(32)29-22(20)14-17)16-19-4-7-25(36-19)27(33)28-8-9-30-10-12-35-13-11-30/h2-7,14-16,31H,8-13H2,1H3,(H,28,33)(H,29,32)/b21-16-. The zero-order chi connectivity index (χ0) is 25.1. The number of carbonyl (C=O) groups excluding carboxylic acids is 2. The van der Waals surface area contributed by atoms with Crippen LogP contribution in [0, 0.1) is 0 Å². The molecule has 2 amide bonds. The molecule has 2 aliphatic heterocycles. The number of phenolic OH excluding ortho intramolecular Hbond substituents is 1. The molecule has 3 aromatic rings. The van der Waals surface area contributed by atoms with Crippen LogP contribution in [-0.2, 0) is 9.53 Å². The van der Waals surface area contributed by atoms with Crippen molar-refractivity contribution in [1.29, 1.82) is 0 Å². The molecule has 2 aromatic carbocycles. The number of nitrogens with one attached hydrogen (secondary N) is 2. The van der Waals surface area contributed by atoms with E-state index in [1.165, 1.54) is 7.11 Å². The van der Waals surface area contributed by atoms with Crippen LogP contribution in [0.2, 0.25) is 0 Å². The molecule has 0 unspecified atom stereocenters. The summed E-state index contributed by atoms with van der Waals surface area (Å²) in [6, 6.07) is 14.7. The molecule has 1 fully saturated rings. The number of anilines is 1. The molecule has 186 valence electrons. The molecular weight excluding hydrogens is 525 g/mol. The predicted molar refractivity (Wildman–Crippen MR) is 140 cm³/mol. The van der Waals surface area contributed by atoms with Crippen LogP contribution in [0.3, 0.4) is 0 Å². The molecule has 8 nitrogen and oxygen atoms in total. The van der Waals surface area contributed by atoms with Gasteiger partial charge in [-0.25, -0.2) is 0 Å². The summed E-state index contributed by atoms with van der Waals surface area (Å²) in [7, 11) is 1.51. The quantitative estimate of drug-likeness (QED) is 0.308. The average molecular weight is 552 g/mol. The third-order valence-electron chi connectivity index (χ3n) is 6.27. The molecule has 0 radical (unpaired) electrons. The SMILES string of the molecule is COc1cc(-c2ccc3c(c2)NC(=O)/C3=C\c2ccc(C(=O)NCCN3CCOCC3)[se]2)ccc1O. The summed E-state index contributed by atoms with van der Waals surface area (Å²) in [4.78, 5) is 27.6. The minimum absolute atomic E-state index is 0.0434. The zero-order valence-electron chi connectivity index (χ0n) is 19.9. The van der Waals surface area contributed by atoms with E-state index in [2.05, 4.69) is 15.5 Å². The van der Waals surface area contributed by atoms with E-state index < -0.39 is 0 Å². The number of methoxy groups -OCH3 is 1. The van der Waals surface area contributed by atoms with Gasteiger partial charge in [0.05, 0.1) is 0 Å². The van der Waals surface area contributed by atoms with E-state index in [1.807, 2.05) is 36.4 Å². The van der Waals surface area contributed by atoms with Crippen LogP contribution in [0.15, 0.2) is 48.5 Å². The topological polar surface area (TPSA) is 100 Å². The van der Waals surface area contributed by atoms with E-state index in [0.29, 0.717) is 17.9 Å². The fourth-order valence-electron chi connectivity index (χ4n) is 4.31. The van der Waals surface area contributed by atoms with Gasteiger partial charge in [0.15, 0.2) is 0 Å². The fraction of sp³-hybridized carbons (Fsp3) is 0.259. The van der Waals surface area contributed by atoms with Crippen molar-refractivity contribution >= 4 is 43.7 Å². The Bertz CT molecular complexity index is 1330. The fourth-order valence-corrected chi connectivity index (χ4v) is 6.13. The molecule has 3 N–H and O–H groups in total. The number of hydrogen-bond acceptors (Lipinski definition) is 6. The van der Waals surface area contributed by atoms with E-state index in [4.69, 9.17) is 9.47 Å². The van der Waals surface area contributed by atoms with Gasteiger partial charge in [0.25, 0.3) is 0 Å². The van der Waals surface area contributed by atoms with Gasteiger partial charge in [0.2, 0.25) is 0 Å². The zero-order valence-corrected chi connectivity index (χ0v) is 21.6. The molecular formula is C27H27N3O5Se. The van der Waals surface area contributed by atoms with Gasteiger partial charge in [0, 0.05) is 0 Å². The first-order chi connectivity index (χ1) is 17.5. The summed E-state index contributed by atoms with van der Waals surface area (Å²) in [5.41, 5.74) is 3.92. The van der Waals surface area contributed by atoms with Crippen LogP contribution in [0.1, 0.15) is 19.2 Å². The first kappa shape index (κ1) is 24.3. The Labute approximate surface area is 215 Å². The number of phenols is 1. The first-order valence-electron chi connectivity index (χ1n) is 11.7. The summed E-state index contributed by atoms with van der Waals surface area (Å²) in [6.45, 7) is 4.70. The van der Waals surface area contributed by atoms with Crippen molar-refractivity contribution in [2.45, 2.75) is 0 Å². The molecule has 0 atom stereocenters. The normalized spacial score (nSPS) is 16.6. The third-order valence-corrected chi connectivity index (χ3v) is 8.43. The predicted octanol–water partition coefficient (Wildman–Crippen LogP) is 2.68.